The first-order valence-electron chi connectivity index (χ1n) is 8.60. The fraction of sp³-hybridized carbons (Fsp3) is 0.263. The molecule has 0 aliphatic heterocycles. The molecule has 12 heteroatoms. The predicted octanol–water partition coefficient (Wildman–Crippen LogP) is 2.74. The Morgan fingerprint density at radius 2 is 1.94 bits per heavy atom. The smallest absolute Gasteiger partial charge is 0.432 e. The van der Waals surface area contributed by atoms with Crippen molar-refractivity contribution in [3.05, 3.63) is 57.6 Å². The molecule has 0 fully saturated rings. The molecule has 2 aromatic rings. The number of benzene rings is 2. The number of hydrogen-bond donors (Lipinski definition) is 1. The number of non-ortho nitro benzene ring substituents is 1. The topological polar surface area (TPSA) is 134 Å². The van der Waals surface area contributed by atoms with Gasteiger partial charge in [-0.15, -0.1) is 0 Å². The first-order valence-corrected chi connectivity index (χ1v) is 8.60. The van der Waals surface area contributed by atoms with E-state index in [9.17, 15) is 38.3 Å². The van der Waals surface area contributed by atoms with Gasteiger partial charge in [-0.05, 0) is 24.6 Å². The van der Waals surface area contributed by atoms with Gasteiger partial charge in [0.05, 0.1) is 18.6 Å². The van der Waals surface area contributed by atoms with E-state index in [0.717, 1.165) is 49.7 Å². The monoisotopic (exact) mass is 441 g/mol. The normalized spacial score (nSPS) is 13.6. The molecule has 1 N–H and O–H groups in total. The Morgan fingerprint density at radius 3 is 2.48 bits per heavy atom. The second-order valence-electron chi connectivity index (χ2n) is 6.05. The van der Waals surface area contributed by atoms with Crippen LogP contribution in [0.3, 0.4) is 0 Å². The lowest BCUT2D eigenvalue weighted by Gasteiger charge is -2.28. The Morgan fingerprint density at radius 1 is 1.26 bits per heavy atom. The maximum absolute atomic E-state index is 13.5. The van der Waals surface area contributed by atoms with Crippen molar-refractivity contribution in [2.75, 3.05) is 13.7 Å². The van der Waals surface area contributed by atoms with Gasteiger partial charge in [0.15, 0.2) is 0 Å². The number of carbonyl (C=O) groups is 1. The number of alkyl halides is 3. The van der Waals surface area contributed by atoms with E-state index in [1.165, 1.54) is 6.92 Å². The molecule has 166 valence electrons. The lowest BCUT2D eigenvalue weighted by Crippen LogP contribution is -2.50. The summed E-state index contributed by atoms with van der Waals surface area (Å²) in [6.07, 6.45) is -4.41. The van der Waals surface area contributed by atoms with Crippen molar-refractivity contribution in [1.29, 1.82) is 0 Å². The second-order valence-corrected chi connectivity index (χ2v) is 6.05. The van der Waals surface area contributed by atoms with Crippen LogP contribution in [0.5, 0.6) is 11.5 Å². The molecule has 0 radical (unpaired) electrons. The molecule has 0 bridgehead atoms. The van der Waals surface area contributed by atoms with Crippen LogP contribution in [0.15, 0.2) is 41.4 Å². The molecule has 0 heterocycles. The van der Waals surface area contributed by atoms with E-state index in [4.69, 9.17) is 4.74 Å². The largest absolute Gasteiger partial charge is 0.872 e. The molecule has 0 aromatic heterocycles. The van der Waals surface area contributed by atoms with Crippen molar-refractivity contribution in [2.45, 2.75) is 18.7 Å². The molecule has 1 atom stereocenters. The van der Waals surface area contributed by atoms with Crippen LogP contribution < -0.4 is 9.84 Å². The molecule has 0 aliphatic rings. The van der Waals surface area contributed by atoms with E-state index in [0.29, 0.717) is 0 Å². The van der Waals surface area contributed by atoms with Crippen LogP contribution >= 0.6 is 0 Å². The molecule has 2 aromatic carbocycles. The molecule has 2 rings (SSSR count). The minimum absolute atomic E-state index is 0.0643. The van der Waals surface area contributed by atoms with Gasteiger partial charge in [-0.2, -0.15) is 13.2 Å². The Balaban J connectivity index is 2.50. The molecule has 0 saturated heterocycles. The maximum atomic E-state index is 13.5. The highest BCUT2D eigenvalue weighted by Crippen LogP contribution is 2.42. The van der Waals surface area contributed by atoms with Crippen molar-refractivity contribution >= 4 is 23.6 Å². The molecular weight excluding hydrogens is 425 g/mol. The minimum Gasteiger partial charge on any atom is -0.872 e. The number of methoxy groups -OCH3 is 1. The van der Waals surface area contributed by atoms with Crippen LogP contribution in [0.2, 0.25) is 0 Å². The van der Waals surface area contributed by atoms with Crippen LogP contribution in [0, 0.1) is 10.1 Å². The first kappa shape index (κ1) is 23.6. The summed E-state index contributed by atoms with van der Waals surface area (Å²) in [5.41, 5.74) is -5.37. The van der Waals surface area contributed by atoms with Crippen molar-refractivity contribution in [3.8, 4) is 11.5 Å². The highest BCUT2D eigenvalue weighted by Gasteiger charge is 2.62. The molecule has 0 aliphatic carbocycles. The third kappa shape index (κ3) is 4.74. The van der Waals surface area contributed by atoms with Crippen LogP contribution in [0.25, 0.3) is 0 Å². The molecule has 0 saturated carbocycles. The molecule has 0 unspecified atom stereocenters. The number of nitro benzene ring substituents is 1. The molecule has 0 spiro atoms. The maximum Gasteiger partial charge on any atom is 0.432 e. The predicted molar refractivity (Wildman–Crippen MR) is 99.4 cm³/mol. The Hall–Kier alpha value is -3.67. The standard InChI is InChI=1S/C19H17F3N2O7/c1-3-31-17(26)18(27,19(20,21)22)12-4-6-14(16(9-12)30-2)23-10-11-8-13(24(28)29)5-7-15(11)25/h4-10,25,27H,3H2,1-2H3/p-1/t18-/m0/s1. The van der Waals surface area contributed by atoms with E-state index < -0.39 is 40.6 Å². The number of hydrogen-bond acceptors (Lipinski definition) is 8. The lowest BCUT2D eigenvalue weighted by molar-refractivity contribution is -0.385. The van der Waals surface area contributed by atoms with Gasteiger partial charge >= 0.3 is 12.1 Å². The number of nitro groups is 1. The Kier molecular flexibility index (Phi) is 6.85. The quantitative estimate of drug-likeness (QED) is 0.302. The number of carbonyl (C=O) groups excluding carboxylic acids is 1. The summed E-state index contributed by atoms with van der Waals surface area (Å²) < 4.78 is 49.9. The van der Waals surface area contributed by atoms with Crippen LogP contribution in [0.4, 0.5) is 24.5 Å². The number of aliphatic imine (C=N–C) groups is 1. The number of rotatable bonds is 7. The zero-order valence-electron chi connectivity index (χ0n) is 16.2. The van der Waals surface area contributed by atoms with Crippen molar-refractivity contribution in [2.24, 2.45) is 4.99 Å². The Bertz CT molecular complexity index is 1020. The fourth-order valence-electron chi connectivity index (χ4n) is 2.53. The second kappa shape index (κ2) is 9.00. The van der Waals surface area contributed by atoms with Gasteiger partial charge in [0.1, 0.15) is 11.4 Å². The number of aliphatic hydroxyl groups is 1. The highest BCUT2D eigenvalue weighted by atomic mass is 19.4. The van der Waals surface area contributed by atoms with Crippen molar-refractivity contribution in [1.82, 2.24) is 0 Å². The first-order chi connectivity index (χ1) is 14.4. The number of esters is 1. The van der Waals surface area contributed by atoms with Crippen LogP contribution in [-0.2, 0) is 15.1 Å². The summed E-state index contributed by atoms with van der Waals surface area (Å²) in [6, 6.07) is 5.54. The van der Waals surface area contributed by atoms with Crippen LogP contribution in [-0.4, -0.2) is 42.1 Å². The molecule has 0 amide bonds. The molecule has 31 heavy (non-hydrogen) atoms. The average Bonchev–Trinajstić information content (AvgIpc) is 2.71. The van der Waals surface area contributed by atoms with Gasteiger partial charge in [-0.3, -0.25) is 15.1 Å². The zero-order chi connectivity index (χ0) is 23.4. The highest BCUT2D eigenvalue weighted by molar-refractivity contribution is 5.87. The van der Waals surface area contributed by atoms with Gasteiger partial charge in [0, 0.05) is 23.9 Å². The van der Waals surface area contributed by atoms with Gasteiger partial charge in [0.25, 0.3) is 11.3 Å². The van der Waals surface area contributed by atoms with Gasteiger partial charge < -0.3 is 19.7 Å². The van der Waals surface area contributed by atoms with Crippen LogP contribution in [0.1, 0.15) is 18.1 Å². The summed E-state index contributed by atoms with van der Waals surface area (Å²) in [6.45, 7) is 0.892. The van der Waals surface area contributed by atoms with E-state index >= 15 is 0 Å². The fourth-order valence-corrected chi connectivity index (χ4v) is 2.53. The lowest BCUT2D eigenvalue weighted by atomic mass is 9.92. The Labute approximate surface area is 173 Å². The zero-order valence-corrected chi connectivity index (χ0v) is 16.2. The summed E-state index contributed by atoms with van der Waals surface area (Å²) in [5.74, 6) is -2.74. The van der Waals surface area contributed by atoms with Crippen molar-refractivity contribution < 1.29 is 42.6 Å². The molecule has 9 nitrogen and oxygen atoms in total. The summed E-state index contributed by atoms with van der Waals surface area (Å²) in [5, 5.41) is 32.8. The van der Waals surface area contributed by atoms with E-state index in [1.807, 2.05) is 0 Å². The molecular formula is C19H16F3N2O7-. The SMILES string of the molecule is CCOC(=O)[C@@](O)(c1ccc(N=Cc2cc([N+](=O)[O-])ccc2[O-])c(OC)c1)C(F)(F)F. The van der Waals surface area contributed by atoms with E-state index in [1.54, 1.807) is 0 Å². The number of ether oxygens (including phenoxy) is 2. The third-order valence-electron chi connectivity index (χ3n) is 4.13. The average molecular weight is 441 g/mol. The summed E-state index contributed by atoms with van der Waals surface area (Å²) in [4.78, 5) is 25.9. The summed E-state index contributed by atoms with van der Waals surface area (Å²) >= 11 is 0. The number of nitrogens with zero attached hydrogens (tertiary/aromatic N) is 2. The van der Waals surface area contributed by atoms with Gasteiger partial charge in [-0.1, -0.05) is 17.9 Å². The third-order valence-corrected chi connectivity index (χ3v) is 4.13. The summed E-state index contributed by atoms with van der Waals surface area (Å²) in [7, 11) is 1.11. The van der Waals surface area contributed by atoms with E-state index in [-0.39, 0.29) is 22.7 Å². The van der Waals surface area contributed by atoms with Gasteiger partial charge in [0.2, 0.25) is 0 Å². The minimum atomic E-state index is -5.39. The van der Waals surface area contributed by atoms with Crippen molar-refractivity contribution in [3.63, 3.8) is 0 Å². The van der Waals surface area contributed by atoms with E-state index in [2.05, 4.69) is 9.73 Å². The number of halogens is 3. The van der Waals surface area contributed by atoms with Gasteiger partial charge in [-0.25, -0.2) is 4.79 Å².